The molecule has 2 aromatic rings. The van der Waals surface area contributed by atoms with Crippen molar-refractivity contribution in [2.24, 2.45) is 5.14 Å². The van der Waals surface area contributed by atoms with E-state index >= 15 is 0 Å². The number of hydrogen-bond donors (Lipinski definition) is 3. The van der Waals surface area contributed by atoms with Crippen LogP contribution in [0.5, 0.6) is 0 Å². The van der Waals surface area contributed by atoms with E-state index in [-0.39, 0.29) is 15.9 Å². The van der Waals surface area contributed by atoms with Crippen LogP contribution >= 0.6 is 12.2 Å². The number of primary sulfonamides is 1. The highest BCUT2D eigenvalue weighted by Gasteiger charge is 2.08. The van der Waals surface area contributed by atoms with Crippen molar-refractivity contribution in [3.8, 4) is 0 Å². The fourth-order valence-electron chi connectivity index (χ4n) is 1.98. The van der Waals surface area contributed by atoms with Gasteiger partial charge in [-0.3, -0.25) is 4.79 Å². The summed E-state index contributed by atoms with van der Waals surface area (Å²) in [5, 5.41) is 10.6. The normalized spacial score (nSPS) is 10.9. The molecule has 2 rings (SSSR count). The van der Waals surface area contributed by atoms with Crippen molar-refractivity contribution in [2.75, 3.05) is 5.32 Å². The lowest BCUT2D eigenvalue weighted by Crippen LogP contribution is -2.34. The summed E-state index contributed by atoms with van der Waals surface area (Å²) >= 11 is 5.06. The molecule has 0 heterocycles. The number of benzene rings is 2. The van der Waals surface area contributed by atoms with Crippen LogP contribution in [0.2, 0.25) is 0 Å². The molecule has 8 heteroatoms. The number of rotatable bonds is 5. The zero-order chi connectivity index (χ0) is 17.6. The fourth-order valence-corrected chi connectivity index (χ4v) is 2.73. The summed E-state index contributed by atoms with van der Waals surface area (Å²) in [6.07, 6.45) is 0.939. The van der Waals surface area contributed by atoms with Crippen LogP contribution in [-0.4, -0.2) is 19.4 Å². The first kappa shape index (κ1) is 18.1. The average molecular weight is 363 g/mol. The monoisotopic (exact) mass is 363 g/mol. The molecule has 0 bridgehead atoms. The first-order valence-corrected chi connectivity index (χ1v) is 9.08. The molecular formula is C16H17N3O3S2. The highest BCUT2D eigenvalue weighted by atomic mass is 32.2. The molecule has 0 aliphatic heterocycles. The van der Waals surface area contributed by atoms with Gasteiger partial charge in [0.05, 0.1) is 4.90 Å². The smallest absolute Gasteiger partial charge is 0.238 e. The average Bonchev–Trinajstić information content (AvgIpc) is 2.53. The quantitative estimate of drug-likeness (QED) is 0.703. The van der Waals surface area contributed by atoms with Gasteiger partial charge in [0.15, 0.2) is 5.11 Å². The van der Waals surface area contributed by atoms with Crippen LogP contribution in [-0.2, 0) is 21.2 Å². The van der Waals surface area contributed by atoms with Gasteiger partial charge in [-0.25, -0.2) is 13.6 Å². The van der Waals surface area contributed by atoms with E-state index in [0.717, 1.165) is 5.56 Å². The van der Waals surface area contributed by atoms with Crippen molar-refractivity contribution in [3.63, 3.8) is 0 Å². The van der Waals surface area contributed by atoms with Gasteiger partial charge in [0.1, 0.15) is 0 Å². The Labute approximate surface area is 146 Å². The molecule has 0 aliphatic carbocycles. The Morgan fingerprint density at radius 1 is 1.04 bits per heavy atom. The first-order chi connectivity index (χ1) is 11.3. The van der Waals surface area contributed by atoms with Gasteiger partial charge in [-0.1, -0.05) is 30.3 Å². The third-order valence-electron chi connectivity index (χ3n) is 3.18. The van der Waals surface area contributed by atoms with Gasteiger partial charge < -0.3 is 10.6 Å². The van der Waals surface area contributed by atoms with E-state index in [4.69, 9.17) is 17.4 Å². The van der Waals surface area contributed by atoms with Crippen molar-refractivity contribution in [2.45, 2.75) is 17.7 Å². The van der Waals surface area contributed by atoms with Crippen molar-refractivity contribution in [1.82, 2.24) is 5.32 Å². The van der Waals surface area contributed by atoms with Crippen LogP contribution in [0.15, 0.2) is 59.5 Å². The SMILES string of the molecule is NS(=O)(=O)c1ccc(NC(=S)NC(=O)CCc2ccccc2)cc1. The maximum atomic E-state index is 11.9. The van der Waals surface area contributed by atoms with E-state index in [1.54, 1.807) is 0 Å². The Balaban J connectivity index is 1.83. The van der Waals surface area contributed by atoms with Gasteiger partial charge in [0.2, 0.25) is 15.9 Å². The lowest BCUT2D eigenvalue weighted by atomic mass is 10.1. The number of sulfonamides is 1. The molecule has 0 spiro atoms. The van der Waals surface area contributed by atoms with Crippen LogP contribution in [0, 0.1) is 0 Å². The second kappa shape index (κ2) is 8.00. The minimum atomic E-state index is -3.73. The van der Waals surface area contributed by atoms with Crippen molar-refractivity contribution >= 4 is 38.9 Å². The van der Waals surface area contributed by atoms with Crippen LogP contribution in [0.25, 0.3) is 0 Å². The summed E-state index contributed by atoms with van der Waals surface area (Å²) in [4.78, 5) is 11.9. The predicted octanol–water partition coefficient (Wildman–Crippen LogP) is 1.78. The van der Waals surface area contributed by atoms with Crippen molar-refractivity contribution < 1.29 is 13.2 Å². The molecule has 0 saturated heterocycles. The number of amides is 1. The van der Waals surface area contributed by atoms with Gasteiger partial charge in [-0.05, 0) is 48.5 Å². The van der Waals surface area contributed by atoms with Gasteiger partial charge in [-0.2, -0.15) is 0 Å². The van der Waals surface area contributed by atoms with E-state index in [1.165, 1.54) is 24.3 Å². The molecule has 0 aliphatic rings. The Bertz CT molecular complexity index is 819. The molecule has 2 aromatic carbocycles. The largest absolute Gasteiger partial charge is 0.332 e. The highest BCUT2D eigenvalue weighted by Crippen LogP contribution is 2.12. The van der Waals surface area contributed by atoms with Gasteiger partial charge in [0.25, 0.3) is 0 Å². The third kappa shape index (κ3) is 5.73. The predicted molar refractivity (Wildman–Crippen MR) is 96.9 cm³/mol. The zero-order valence-electron chi connectivity index (χ0n) is 12.7. The van der Waals surface area contributed by atoms with E-state index in [9.17, 15) is 13.2 Å². The topological polar surface area (TPSA) is 101 Å². The number of thiocarbonyl (C=S) groups is 1. The molecule has 0 aromatic heterocycles. The minimum Gasteiger partial charge on any atom is -0.332 e. The zero-order valence-corrected chi connectivity index (χ0v) is 14.4. The number of carbonyl (C=O) groups is 1. The van der Waals surface area contributed by atoms with Crippen LogP contribution < -0.4 is 15.8 Å². The molecule has 126 valence electrons. The first-order valence-electron chi connectivity index (χ1n) is 7.12. The van der Waals surface area contributed by atoms with Crippen molar-refractivity contribution in [3.05, 3.63) is 60.2 Å². The second-order valence-corrected chi connectivity index (χ2v) is 7.03. The lowest BCUT2D eigenvalue weighted by molar-refractivity contribution is -0.119. The molecule has 4 N–H and O–H groups in total. The summed E-state index contributed by atoms with van der Waals surface area (Å²) in [5.41, 5.74) is 1.63. The summed E-state index contributed by atoms with van der Waals surface area (Å²) in [5.74, 6) is -0.197. The van der Waals surface area contributed by atoms with Gasteiger partial charge in [-0.15, -0.1) is 0 Å². The van der Waals surface area contributed by atoms with Gasteiger partial charge in [0, 0.05) is 12.1 Å². The van der Waals surface area contributed by atoms with Gasteiger partial charge >= 0.3 is 0 Å². The number of nitrogens with one attached hydrogen (secondary N) is 2. The number of nitrogens with two attached hydrogens (primary N) is 1. The van der Waals surface area contributed by atoms with Crippen LogP contribution in [0.4, 0.5) is 5.69 Å². The molecule has 0 saturated carbocycles. The maximum Gasteiger partial charge on any atom is 0.238 e. The second-order valence-electron chi connectivity index (χ2n) is 5.06. The minimum absolute atomic E-state index is 0.00543. The third-order valence-corrected chi connectivity index (χ3v) is 4.31. The number of hydrogen-bond acceptors (Lipinski definition) is 4. The molecule has 0 fully saturated rings. The van der Waals surface area contributed by atoms with Crippen LogP contribution in [0.3, 0.4) is 0 Å². The molecule has 0 atom stereocenters. The maximum absolute atomic E-state index is 11.9. The Hall–Kier alpha value is -2.29. The Kier molecular flexibility index (Phi) is 6.02. The van der Waals surface area contributed by atoms with E-state index in [0.29, 0.717) is 18.5 Å². The van der Waals surface area contributed by atoms with E-state index in [1.807, 2.05) is 30.3 Å². The van der Waals surface area contributed by atoms with Crippen molar-refractivity contribution in [1.29, 1.82) is 0 Å². The molecule has 1 amide bonds. The number of anilines is 1. The molecule has 0 radical (unpaired) electrons. The Morgan fingerprint density at radius 2 is 1.67 bits per heavy atom. The fraction of sp³-hybridized carbons (Fsp3) is 0.125. The van der Waals surface area contributed by atoms with E-state index < -0.39 is 10.0 Å². The molecule has 6 nitrogen and oxygen atoms in total. The highest BCUT2D eigenvalue weighted by molar-refractivity contribution is 7.89. The number of aryl methyl sites for hydroxylation is 1. The summed E-state index contributed by atoms with van der Waals surface area (Å²) in [6.45, 7) is 0. The molecule has 0 unspecified atom stereocenters. The lowest BCUT2D eigenvalue weighted by Gasteiger charge is -2.10. The van der Waals surface area contributed by atoms with Crippen LogP contribution in [0.1, 0.15) is 12.0 Å². The molecular weight excluding hydrogens is 346 g/mol. The Morgan fingerprint density at radius 3 is 2.25 bits per heavy atom. The molecule has 24 heavy (non-hydrogen) atoms. The number of carbonyl (C=O) groups excluding carboxylic acids is 1. The summed E-state index contributed by atoms with van der Waals surface area (Å²) in [7, 11) is -3.73. The summed E-state index contributed by atoms with van der Waals surface area (Å²) in [6, 6.07) is 15.4. The van der Waals surface area contributed by atoms with E-state index in [2.05, 4.69) is 10.6 Å². The summed E-state index contributed by atoms with van der Waals surface area (Å²) < 4.78 is 22.4. The standard InChI is InChI=1S/C16H17N3O3S2/c17-24(21,22)14-9-7-13(8-10-14)18-16(23)19-15(20)11-6-12-4-2-1-3-5-12/h1-5,7-10H,6,11H2,(H2,17,21,22)(H2,18,19,20,23).